The molecule has 1 atom stereocenters. The fourth-order valence-corrected chi connectivity index (χ4v) is 3.21. The number of aromatic amines is 1. The third-order valence-electron chi connectivity index (χ3n) is 4.71. The van der Waals surface area contributed by atoms with Crippen molar-refractivity contribution >= 4 is 16.8 Å². The zero-order valence-electron chi connectivity index (χ0n) is 16.2. The van der Waals surface area contributed by atoms with Gasteiger partial charge in [-0.3, -0.25) is 9.59 Å². The molecule has 6 heteroatoms. The van der Waals surface area contributed by atoms with Crippen molar-refractivity contribution in [3.63, 3.8) is 0 Å². The van der Waals surface area contributed by atoms with Crippen LogP contribution in [0.4, 0.5) is 0 Å². The molecule has 0 aliphatic rings. The number of fused-ring (bicyclic) bond motifs is 1. The molecule has 2 aromatic carbocycles. The number of hydrogen-bond acceptors (Lipinski definition) is 3. The van der Waals surface area contributed by atoms with Crippen molar-refractivity contribution in [2.24, 2.45) is 0 Å². The first-order valence-corrected chi connectivity index (χ1v) is 9.78. The molecule has 0 bridgehead atoms. The van der Waals surface area contributed by atoms with Crippen LogP contribution >= 0.6 is 0 Å². The molecule has 0 saturated heterocycles. The molecule has 1 amide bonds. The molecule has 0 saturated carbocycles. The molecule has 1 heterocycles. The van der Waals surface area contributed by atoms with Gasteiger partial charge in [0.25, 0.3) is 11.5 Å². The van der Waals surface area contributed by atoms with Crippen molar-refractivity contribution in [1.29, 1.82) is 0 Å². The van der Waals surface area contributed by atoms with Gasteiger partial charge in [-0.15, -0.1) is 0 Å². The lowest BCUT2D eigenvalue weighted by atomic mass is 10.2. The maximum atomic E-state index is 12.4. The molecule has 1 aromatic heterocycles. The Morgan fingerprint density at radius 3 is 2.64 bits per heavy atom. The normalized spacial score (nSPS) is 12.0. The van der Waals surface area contributed by atoms with E-state index in [1.165, 1.54) is 0 Å². The number of H-pyrrole nitrogens is 1. The second-order valence-corrected chi connectivity index (χ2v) is 7.00. The highest BCUT2D eigenvalue weighted by Gasteiger charge is 2.16. The average Bonchev–Trinajstić information content (AvgIpc) is 2.71. The third kappa shape index (κ3) is 5.50. The third-order valence-corrected chi connectivity index (χ3v) is 4.71. The van der Waals surface area contributed by atoms with Crippen LogP contribution in [0.3, 0.4) is 0 Å². The predicted molar refractivity (Wildman–Crippen MR) is 110 cm³/mol. The van der Waals surface area contributed by atoms with E-state index in [1.54, 1.807) is 6.07 Å². The highest BCUT2D eigenvalue weighted by molar-refractivity contribution is 5.77. The summed E-state index contributed by atoms with van der Waals surface area (Å²) in [5.41, 5.74) is 1.63. The highest BCUT2D eigenvalue weighted by Crippen LogP contribution is 2.05. The van der Waals surface area contributed by atoms with E-state index in [-0.39, 0.29) is 11.5 Å². The lowest BCUT2D eigenvalue weighted by Crippen LogP contribution is -3.12. The molecule has 0 fully saturated rings. The Bertz CT molecular complexity index is 969. The molecule has 1 unspecified atom stereocenters. The summed E-state index contributed by atoms with van der Waals surface area (Å²) in [5, 5.41) is 3.57. The number of rotatable bonds is 9. The standard InChI is InChI=1S/C22H26N4O2/c1-2-3-13-26(16-21(27)23-14-17-9-5-4-6-10-17)15-20-24-19-12-8-7-11-18(19)22(28)25-20/h4-12H,2-3,13-16H2,1H3,(H,23,27)(H,24,25,28)/p+1. The molecule has 146 valence electrons. The van der Waals surface area contributed by atoms with E-state index < -0.39 is 0 Å². The van der Waals surface area contributed by atoms with Gasteiger partial charge in [-0.1, -0.05) is 55.8 Å². The van der Waals surface area contributed by atoms with Gasteiger partial charge in [0.05, 0.1) is 17.4 Å². The van der Waals surface area contributed by atoms with Gasteiger partial charge >= 0.3 is 0 Å². The van der Waals surface area contributed by atoms with Crippen LogP contribution in [0.1, 0.15) is 31.2 Å². The van der Waals surface area contributed by atoms with Gasteiger partial charge in [-0.2, -0.15) is 0 Å². The average molecular weight is 379 g/mol. The molecule has 3 N–H and O–H groups in total. The minimum atomic E-state index is -0.135. The maximum absolute atomic E-state index is 12.4. The van der Waals surface area contributed by atoms with Crippen molar-refractivity contribution < 1.29 is 9.69 Å². The number of hydrogen-bond donors (Lipinski definition) is 3. The van der Waals surface area contributed by atoms with Crippen LogP contribution in [0.2, 0.25) is 0 Å². The van der Waals surface area contributed by atoms with Crippen LogP contribution in [0.5, 0.6) is 0 Å². The molecule has 3 rings (SSSR count). The van der Waals surface area contributed by atoms with Gasteiger partial charge in [0, 0.05) is 6.54 Å². The summed E-state index contributed by atoms with van der Waals surface area (Å²) in [4.78, 5) is 33.3. The number of nitrogens with zero attached hydrogens (tertiary/aromatic N) is 1. The summed E-state index contributed by atoms with van der Waals surface area (Å²) < 4.78 is 0. The minimum absolute atomic E-state index is 0.00177. The molecule has 28 heavy (non-hydrogen) atoms. The van der Waals surface area contributed by atoms with Gasteiger partial charge in [-0.05, 0) is 24.1 Å². The largest absolute Gasteiger partial charge is 0.347 e. The second kappa shape index (κ2) is 9.80. The summed E-state index contributed by atoms with van der Waals surface area (Å²) in [6.45, 7) is 4.36. The SMILES string of the molecule is CCCC[NH+](CC(=O)NCc1ccccc1)Cc1nc2ccccc2c(=O)[nH]1. The summed E-state index contributed by atoms with van der Waals surface area (Å²) in [6, 6.07) is 17.2. The quantitative estimate of drug-likeness (QED) is 0.526. The van der Waals surface area contributed by atoms with Crippen LogP contribution < -0.4 is 15.8 Å². The van der Waals surface area contributed by atoms with Crippen molar-refractivity contribution in [1.82, 2.24) is 15.3 Å². The molecular formula is C22H27N4O2+. The smallest absolute Gasteiger partial charge is 0.275 e. The Hall–Kier alpha value is -2.99. The van der Waals surface area contributed by atoms with E-state index in [0.29, 0.717) is 36.4 Å². The van der Waals surface area contributed by atoms with E-state index in [1.807, 2.05) is 48.5 Å². The first kappa shape index (κ1) is 19.8. The van der Waals surface area contributed by atoms with Crippen molar-refractivity contribution in [2.75, 3.05) is 13.1 Å². The van der Waals surface area contributed by atoms with Gasteiger partial charge in [0.1, 0.15) is 6.54 Å². The number of aromatic nitrogens is 2. The molecule has 0 radical (unpaired) electrons. The Balaban J connectivity index is 1.66. The number of carbonyl (C=O) groups is 1. The van der Waals surface area contributed by atoms with Gasteiger partial charge in [0.2, 0.25) is 0 Å². The van der Waals surface area contributed by atoms with Gasteiger partial charge < -0.3 is 15.2 Å². The number of carbonyl (C=O) groups excluding carboxylic acids is 1. The van der Waals surface area contributed by atoms with Crippen LogP contribution in [0.25, 0.3) is 10.9 Å². The fourth-order valence-electron chi connectivity index (χ4n) is 3.21. The monoisotopic (exact) mass is 379 g/mol. The first-order valence-electron chi connectivity index (χ1n) is 9.78. The Labute approximate surface area is 164 Å². The van der Waals surface area contributed by atoms with E-state index in [0.717, 1.165) is 29.8 Å². The number of quaternary nitrogens is 1. The highest BCUT2D eigenvalue weighted by atomic mass is 16.2. The molecule has 6 nitrogen and oxygen atoms in total. The number of amides is 1. The zero-order valence-corrected chi connectivity index (χ0v) is 16.2. The van der Waals surface area contributed by atoms with Crippen LogP contribution in [0, 0.1) is 0 Å². The number of unbranched alkanes of at least 4 members (excludes halogenated alkanes) is 1. The van der Waals surface area contributed by atoms with Gasteiger partial charge in [-0.25, -0.2) is 4.98 Å². The van der Waals surface area contributed by atoms with Crippen molar-refractivity contribution in [3.8, 4) is 0 Å². The fraction of sp³-hybridized carbons (Fsp3) is 0.318. The molecule has 3 aromatic rings. The maximum Gasteiger partial charge on any atom is 0.275 e. The summed E-state index contributed by atoms with van der Waals surface area (Å²) in [6.07, 6.45) is 2.07. The lowest BCUT2D eigenvalue weighted by molar-refractivity contribution is -0.906. The molecular weight excluding hydrogens is 352 g/mol. The van der Waals surface area contributed by atoms with Crippen LogP contribution in [0.15, 0.2) is 59.4 Å². The minimum Gasteiger partial charge on any atom is -0.347 e. The summed E-state index contributed by atoms with van der Waals surface area (Å²) in [5.74, 6) is 0.615. The molecule has 0 aliphatic heterocycles. The molecule has 0 spiro atoms. The number of nitrogens with one attached hydrogen (secondary N) is 3. The Morgan fingerprint density at radius 1 is 1.11 bits per heavy atom. The topological polar surface area (TPSA) is 79.3 Å². The van der Waals surface area contributed by atoms with Crippen molar-refractivity contribution in [3.05, 3.63) is 76.3 Å². The van der Waals surface area contributed by atoms with E-state index in [2.05, 4.69) is 22.2 Å². The Kier molecular flexibility index (Phi) is 6.92. The molecule has 0 aliphatic carbocycles. The Morgan fingerprint density at radius 2 is 1.86 bits per heavy atom. The van der Waals surface area contributed by atoms with Crippen LogP contribution in [-0.4, -0.2) is 29.0 Å². The zero-order chi connectivity index (χ0) is 19.8. The van der Waals surface area contributed by atoms with Crippen molar-refractivity contribution in [2.45, 2.75) is 32.9 Å². The lowest BCUT2D eigenvalue weighted by Gasteiger charge is -2.18. The summed E-state index contributed by atoms with van der Waals surface area (Å²) in [7, 11) is 0. The summed E-state index contributed by atoms with van der Waals surface area (Å²) >= 11 is 0. The van der Waals surface area contributed by atoms with E-state index in [4.69, 9.17) is 0 Å². The van der Waals surface area contributed by atoms with Crippen LogP contribution in [-0.2, 0) is 17.9 Å². The van der Waals surface area contributed by atoms with Gasteiger partial charge in [0.15, 0.2) is 12.4 Å². The number of benzene rings is 2. The first-order chi connectivity index (χ1) is 13.7. The predicted octanol–water partition coefficient (Wildman–Crippen LogP) is 1.42. The van der Waals surface area contributed by atoms with E-state index >= 15 is 0 Å². The van der Waals surface area contributed by atoms with E-state index in [9.17, 15) is 9.59 Å². The second-order valence-electron chi connectivity index (χ2n) is 7.00. The number of para-hydroxylation sites is 1.